The maximum atomic E-state index is 13.4. The Morgan fingerprint density at radius 2 is 1.87 bits per heavy atom. The number of carbonyl (C=O) groups is 1. The van der Waals surface area contributed by atoms with E-state index in [0.717, 1.165) is 23.4 Å². The molecular formula is C23H25F3N4O. The minimum absolute atomic E-state index is 0.295. The molecule has 1 heterocycles. The summed E-state index contributed by atoms with van der Waals surface area (Å²) in [6.07, 6.45) is -0.924. The summed E-state index contributed by atoms with van der Waals surface area (Å²) < 4.78 is 40.2. The highest BCUT2D eigenvalue weighted by Gasteiger charge is 2.34. The van der Waals surface area contributed by atoms with Crippen molar-refractivity contribution < 1.29 is 18.0 Å². The summed E-state index contributed by atoms with van der Waals surface area (Å²) in [5, 5.41) is 2.77. The fraction of sp³-hybridized carbons (Fsp3) is 0.304. The molecule has 0 aromatic heterocycles. The molecule has 0 saturated carbocycles. The number of nitrogens with zero attached hydrogens (tertiary/aromatic N) is 2. The largest absolute Gasteiger partial charge is 0.416 e. The van der Waals surface area contributed by atoms with Gasteiger partial charge in [-0.25, -0.2) is 0 Å². The lowest BCUT2D eigenvalue weighted by atomic mass is 10.0. The van der Waals surface area contributed by atoms with Gasteiger partial charge < -0.3 is 16.0 Å². The van der Waals surface area contributed by atoms with Gasteiger partial charge in [0, 0.05) is 18.4 Å². The molecule has 2 aromatic carbocycles. The van der Waals surface area contributed by atoms with Gasteiger partial charge in [-0.3, -0.25) is 9.79 Å². The van der Waals surface area contributed by atoms with E-state index in [0.29, 0.717) is 29.9 Å². The number of para-hydroxylation sites is 1. The Balaban J connectivity index is 1.99. The van der Waals surface area contributed by atoms with E-state index in [1.807, 2.05) is 24.3 Å². The Morgan fingerprint density at radius 3 is 2.55 bits per heavy atom. The quantitative estimate of drug-likeness (QED) is 0.652. The predicted octanol–water partition coefficient (Wildman–Crippen LogP) is 5.05. The average molecular weight is 430 g/mol. The number of fused-ring (bicyclic) bond motifs is 1. The van der Waals surface area contributed by atoms with Crippen LogP contribution in [0.3, 0.4) is 0 Å². The third kappa shape index (κ3) is 4.90. The van der Waals surface area contributed by atoms with Crippen LogP contribution in [0.2, 0.25) is 0 Å². The van der Waals surface area contributed by atoms with Crippen molar-refractivity contribution in [2.75, 3.05) is 16.8 Å². The number of amides is 1. The van der Waals surface area contributed by atoms with E-state index in [-0.39, 0.29) is 0 Å². The number of alkyl halides is 3. The fourth-order valence-electron chi connectivity index (χ4n) is 3.27. The second kappa shape index (κ2) is 8.45. The number of hydrogen-bond donors (Lipinski definition) is 2. The summed E-state index contributed by atoms with van der Waals surface area (Å²) in [4.78, 5) is 19.0. The van der Waals surface area contributed by atoms with Crippen LogP contribution in [0, 0.1) is 0 Å². The second-order valence-corrected chi connectivity index (χ2v) is 7.94. The molecule has 0 radical (unpaired) electrons. The molecular weight excluding hydrogens is 405 g/mol. The molecule has 1 amide bonds. The Labute approximate surface area is 179 Å². The van der Waals surface area contributed by atoms with Gasteiger partial charge in [0.1, 0.15) is 5.54 Å². The van der Waals surface area contributed by atoms with Crippen LogP contribution in [-0.2, 0) is 17.4 Å². The molecule has 0 unspecified atom stereocenters. The second-order valence-electron chi connectivity index (χ2n) is 7.94. The average Bonchev–Trinajstić information content (AvgIpc) is 3.15. The molecule has 1 aliphatic rings. The first-order valence-electron chi connectivity index (χ1n) is 9.85. The van der Waals surface area contributed by atoms with Gasteiger partial charge >= 0.3 is 6.18 Å². The van der Waals surface area contributed by atoms with Gasteiger partial charge in [-0.05, 0) is 68.8 Å². The van der Waals surface area contributed by atoms with E-state index in [9.17, 15) is 18.0 Å². The zero-order chi connectivity index (χ0) is 22.8. The van der Waals surface area contributed by atoms with Crippen molar-refractivity contribution in [2.24, 2.45) is 10.7 Å². The molecule has 164 valence electrons. The Kier molecular flexibility index (Phi) is 6.10. The maximum absolute atomic E-state index is 13.4. The lowest BCUT2D eigenvalue weighted by molar-refractivity contribution is -0.137. The van der Waals surface area contributed by atoms with Crippen LogP contribution in [0.25, 0.3) is 0 Å². The van der Waals surface area contributed by atoms with Crippen LogP contribution < -0.4 is 16.0 Å². The highest BCUT2D eigenvalue weighted by Crippen LogP contribution is 2.41. The smallest absolute Gasteiger partial charge is 0.404 e. The Morgan fingerprint density at radius 1 is 1.16 bits per heavy atom. The van der Waals surface area contributed by atoms with Gasteiger partial charge in [-0.15, -0.1) is 0 Å². The zero-order valence-electron chi connectivity index (χ0n) is 17.6. The van der Waals surface area contributed by atoms with Crippen LogP contribution in [0.5, 0.6) is 0 Å². The molecule has 3 N–H and O–H groups in total. The third-order valence-corrected chi connectivity index (χ3v) is 5.16. The lowest BCUT2D eigenvalue weighted by Gasteiger charge is -2.26. The third-order valence-electron chi connectivity index (χ3n) is 5.16. The summed E-state index contributed by atoms with van der Waals surface area (Å²) in [6.45, 7) is 5.51. The molecule has 0 aliphatic carbocycles. The standard InChI is InChI=1S/C23H25F3N4O/c1-15(13-27)14-28-22(2,3)21(31)29-18-9-8-17(23(24,25)26)12-20(18)30-11-10-16-6-4-5-7-19(16)30/h4-9,12-14H,10-11,27H2,1-3H3,(H,29,31). The topological polar surface area (TPSA) is 70.7 Å². The molecule has 0 atom stereocenters. The molecule has 0 saturated heterocycles. The normalized spacial score (nSPS) is 14.8. The van der Waals surface area contributed by atoms with Crippen molar-refractivity contribution in [3.8, 4) is 0 Å². The predicted molar refractivity (Wildman–Crippen MR) is 118 cm³/mol. The first-order chi connectivity index (χ1) is 14.5. The van der Waals surface area contributed by atoms with Gasteiger partial charge in [0.2, 0.25) is 0 Å². The minimum Gasteiger partial charge on any atom is -0.404 e. The van der Waals surface area contributed by atoms with E-state index >= 15 is 0 Å². The highest BCUT2D eigenvalue weighted by molar-refractivity contribution is 6.02. The number of allylic oxidation sites excluding steroid dienone is 1. The summed E-state index contributed by atoms with van der Waals surface area (Å²) in [5.41, 5.74) is 6.67. The first kappa shape index (κ1) is 22.4. The Hall–Kier alpha value is -3.29. The van der Waals surface area contributed by atoms with E-state index in [4.69, 9.17) is 5.73 Å². The van der Waals surface area contributed by atoms with Gasteiger partial charge in [0.15, 0.2) is 0 Å². The molecule has 1 aliphatic heterocycles. The van der Waals surface area contributed by atoms with Gasteiger partial charge in [0.25, 0.3) is 5.91 Å². The van der Waals surface area contributed by atoms with Crippen LogP contribution in [0.4, 0.5) is 30.2 Å². The van der Waals surface area contributed by atoms with Gasteiger partial charge in [-0.2, -0.15) is 13.2 Å². The van der Waals surface area contributed by atoms with E-state index in [1.165, 1.54) is 18.5 Å². The molecule has 0 bridgehead atoms. The van der Waals surface area contributed by atoms with Crippen molar-refractivity contribution in [3.05, 3.63) is 65.4 Å². The van der Waals surface area contributed by atoms with Gasteiger partial charge in [-0.1, -0.05) is 18.2 Å². The molecule has 8 heteroatoms. The van der Waals surface area contributed by atoms with E-state index in [1.54, 1.807) is 25.7 Å². The maximum Gasteiger partial charge on any atom is 0.416 e. The molecule has 0 fully saturated rings. The first-order valence-corrected chi connectivity index (χ1v) is 9.85. The fourth-order valence-corrected chi connectivity index (χ4v) is 3.27. The number of hydrogen-bond acceptors (Lipinski definition) is 4. The Bertz CT molecular complexity index is 1040. The van der Waals surface area contributed by atoms with Crippen molar-refractivity contribution in [3.63, 3.8) is 0 Å². The van der Waals surface area contributed by atoms with Crippen LogP contribution in [-0.4, -0.2) is 24.2 Å². The number of halogens is 3. The molecule has 3 rings (SSSR count). The summed E-state index contributed by atoms with van der Waals surface area (Å²) in [6, 6.07) is 10.9. The van der Waals surface area contributed by atoms with E-state index in [2.05, 4.69) is 10.3 Å². The van der Waals surface area contributed by atoms with Crippen LogP contribution >= 0.6 is 0 Å². The summed E-state index contributed by atoms with van der Waals surface area (Å²) >= 11 is 0. The molecule has 2 aromatic rings. The summed E-state index contributed by atoms with van der Waals surface area (Å²) in [5.74, 6) is -0.443. The van der Waals surface area contributed by atoms with Crippen molar-refractivity contribution >= 4 is 29.2 Å². The minimum atomic E-state index is -4.49. The van der Waals surface area contributed by atoms with E-state index < -0.39 is 23.2 Å². The number of nitrogens with two attached hydrogens (primary N) is 1. The highest BCUT2D eigenvalue weighted by atomic mass is 19.4. The molecule has 31 heavy (non-hydrogen) atoms. The van der Waals surface area contributed by atoms with Gasteiger partial charge in [0.05, 0.1) is 16.9 Å². The summed E-state index contributed by atoms with van der Waals surface area (Å²) in [7, 11) is 0. The number of anilines is 3. The number of rotatable bonds is 5. The van der Waals surface area contributed by atoms with Crippen molar-refractivity contribution in [2.45, 2.75) is 38.9 Å². The van der Waals surface area contributed by atoms with Crippen molar-refractivity contribution in [1.29, 1.82) is 0 Å². The zero-order valence-corrected chi connectivity index (χ0v) is 17.6. The van der Waals surface area contributed by atoms with Crippen LogP contribution in [0.15, 0.2) is 59.2 Å². The number of carbonyl (C=O) groups excluding carboxylic acids is 1. The number of nitrogens with one attached hydrogen (secondary N) is 1. The van der Waals surface area contributed by atoms with Crippen molar-refractivity contribution in [1.82, 2.24) is 0 Å². The molecule has 0 spiro atoms. The number of benzene rings is 2. The van der Waals surface area contributed by atoms with Crippen LogP contribution in [0.1, 0.15) is 31.9 Å². The monoisotopic (exact) mass is 430 g/mol. The lowest BCUT2D eigenvalue weighted by Crippen LogP contribution is -2.36. The molecule has 5 nitrogen and oxygen atoms in total. The SMILES string of the molecule is CC(C=NC(C)(C)C(=O)Nc1ccc(C(F)(F)F)cc1N1CCc2ccccc21)=CN. The number of aliphatic imine (C=N–C) groups is 1.